The highest BCUT2D eigenvalue weighted by Crippen LogP contribution is 2.45. The first kappa shape index (κ1) is 11.5. The van der Waals surface area contributed by atoms with Gasteiger partial charge in [-0.15, -0.1) is 0 Å². The number of benzene rings is 1. The molecule has 1 fully saturated rings. The van der Waals surface area contributed by atoms with Gasteiger partial charge in [0.2, 0.25) is 0 Å². The Morgan fingerprint density at radius 3 is 3.00 bits per heavy atom. The molecule has 18 heavy (non-hydrogen) atoms. The molecule has 0 saturated carbocycles. The Morgan fingerprint density at radius 1 is 1.44 bits per heavy atom. The van der Waals surface area contributed by atoms with Gasteiger partial charge in [0.1, 0.15) is 11.4 Å². The Kier molecular flexibility index (Phi) is 2.52. The van der Waals surface area contributed by atoms with E-state index in [1.165, 1.54) is 6.07 Å². The number of rotatable bonds is 1. The fraction of sp³-hybridized carbons (Fsp3) is 0.462. The van der Waals surface area contributed by atoms with Crippen LogP contribution in [0, 0.1) is 11.7 Å². The van der Waals surface area contributed by atoms with Crippen molar-refractivity contribution in [2.75, 3.05) is 13.2 Å². The smallest absolute Gasteiger partial charge is 0.282 e. The minimum absolute atomic E-state index is 0.0123. The molecule has 2 aliphatic rings. The van der Waals surface area contributed by atoms with Gasteiger partial charge in [-0.3, -0.25) is 0 Å². The topological polar surface area (TPSA) is 56.8 Å². The lowest BCUT2D eigenvalue weighted by molar-refractivity contribution is 0.0865. The Morgan fingerprint density at radius 2 is 2.22 bits per heavy atom. The maximum atomic E-state index is 14.1. The van der Waals surface area contributed by atoms with E-state index in [2.05, 4.69) is 4.99 Å². The number of hydrogen-bond donors (Lipinski definition) is 1. The van der Waals surface area contributed by atoms with Crippen LogP contribution in [0.5, 0.6) is 0 Å². The van der Waals surface area contributed by atoms with Crippen LogP contribution in [0.25, 0.3) is 0 Å². The first-order valence-corrected chi connectivity index (χ1v) is 5.98. The van der Waals surface area contributed by atoms with Crippen LogP contribution in [-0.4, -0.2) is 25.3 Å². The van der Waals surface area contributed by atoms with Crippen LogP contribution in [0.2, 0.25) is 0 Å². The van der Waals surface area contributed by atoms with Crippen molar-refractivity contribution in [3.05, 3.63) is 35.6 Å². The Hall–Kier alpha value is -1.62. The molecule has 3 atom stereocenters. The van der Waals surface area contributed by atoms with Crippen molar-refractivity contribution in [2.45, 2.75) is 18.6 Å². The van der Waals surface area contributed by atoms with Crippen molar-refractivity contribution in [1.29, 1.82) is 0 Å². The lowest BCUT2D eigenvalue weighted by Crippen LogP contribution is -2.45. The van der Waals surface area contributed by atoms with Crippen LogP contribution < -0.4 is 5.73 Å². The highest BCUT2D eigenvalue weighted by Gasteiger charge is 2.53. The van der Waals surface area contributed by atoms with Gasteiger partial charge >= 0.3 is 0 Å². The summed E-state index contributed by atoms with van der Waals surface area (Å²) in [4.78, 5) is 4.36. The zero-order valence-electron chi connectivity index (χ0n) is 10.1. The van der Waals surface area contributed by atoms with Crippen LogP contribution in [0.15, 0.2) is 29.3 Å². The van der Waals surface area contributed by atoms with E-state index in [0.29, 0.717) is 18.8 Å². The molecule has 1 aromatic rings. The van der Waals surface area contributed by atoms with Gasteiger partial charge in [0.15, 0.2) is 0 Å². The van der Waals surface area contributed by atoms with E-state index in [0.717, 1.165) is 0 Å². The number of amidine groups is 1. The second kappa shape index (κ2) is 3.95. The molecule has 0 aliphatic carbocycles. The number of fused-ring (bicyclic) bond motifs is 1. The van der Waals surface area contributed by atoms with Crippen molar-refractivity contribution in [1.82, 2.24) is 0 Å². The van der Waals surface area contributed by atoms with Crippen LogP contribution in [0.4, 0.5) is 4.39 Å². The molecule has 0 aromatic heterocycles. The van der Waals surface area contributed by atoms with Gasteiger partial charge in [-0.05, 0) is 13.0 Å². The number of halogens is 1. The maximum Gasteiger partial charge on any atom is 0.282 e. The van der Waals surface area contributed by atoms with Gasteiger partial charge in [-0.1, -0.05) is 18.2 Å². The van der Waals surface area contributed by atoms with Gasteiger partial charge < -0.3 is 15.2 Å². The molecule has 2 aliphatic heterocycles. The lowest BCUT2D eigenvalue weighted by Gasteiger charge is -2.35. The van der Waals surface area contributed by atoms with Crippen molar-refractivity contribution >= 4 is 6.02 Å². The third kappa shape index (κ3) is 1.50. The van der Waals surface area contributed by atoms with Crippen molar-refractivity contribution in [3.63, 3.8) is 0 Å². The molecule has 5 heteroatoms. The average molecular weight is 250 g/mol. The summed E-state index contributed by atoms with van der Waals surface area (Å²) in [6, 6.07) is 6.74. The highest BCUT2D eigenvalue weighted by atomic mass is 19.1. The molecule has 2 N–H and O–H groups in total. The molecule has 0 unspecified atom stereocenters. The van der Waals surface area contributed by atoms with E-state index in [1.54, 1.807) is 18.2 Å². The lowest BCUT2D eigenvalue weighted by atomic mass is 9.78. The number of nitrogens with two attached hydrogens (primary N) is 1. The Bertz CT molecular complexity index is 506. The van der Waals surface area contributed by atoms with Crippen LogP contribution in [0.3, 0.4) is 0 Å². The monoisotopic (exact) mass is 250 g/mol. The number of hydrogen-bond acceptors (Lipinski definition) is 4. The summed E-state index contributed by atoms with van der Waals surface area (Å²) in [5, 5.41) is 0. The van der Waals surface area contributed by atoms with Gasteiger partial charge in [0.25, 0.3) is 6.02 Å². The van der Waals surface area contributed by atoms with Gasteiger partial charge in [-0.25, -0.2) is 9.38 Å². The molecule has 1 aromatic carbocycles. The molecule has 0 amide bonds. The molecule has 0 bridgehead atoms. The minimum Gasteiger partial charge on any atom is -0.465 e. The molecular formula is C13H15FN2O2. The summed E-state index contributed by atoms with van der Waals surface area (Å²) in [7, 11) is 0. The van der Waals surface area contributed by atoms with E-state index in [1.807, 2.05) is 6.92 Å². The van der Waals surface area contributed by atoms with Gasteiger partial charge in [0, 0.05) is 5.56 Å². The third-order valence-electron chi connectivity index (χ3n) is 3.81. The summed E-state index contributed by atoms with van der Waals surface area (Å²) < 4.78 is 25.0. The van der Waals surface area contributed by atoms with E-state index in [-0.39, 0.29) is 23.9 Å². The predicted molar refractivity (Wildman–Crippen MR) is 64.6 cm³/mol. The van der Waals surface area contributed by atoms with Crippen molar-refractivity contribution in [3.8, 4) is 0 Å². The largest absolute Gasteiger partial charge is 0.465 e. The Balaban J connectivity index is 2.16. The van der Waals surface area contributed by atoms with E-state index >= 15 is 0 Å². The number of aliphatic imine (C=N–C) groups is 1. The molecule has 0 radical (unpaired) electrons. The SMILES string of the molecule is C[C@H]1OC[C@]2(c3ccccc3F)N=C(N)OC[C@H]12. The third-order valence-corrected chi connectivity index (χ3v) is 3.81. The molecule has 2 heterocycles. The average Bonchev–Trinajstić information content (AvgIpc) is 2.68. The molecule has 1 saturated heterocycles. The zero-order chi connectivity index (χ0) is 12.8. The molecular weight excluding hydrogens is 235 g/mol. The summed E-state index contributed by atoms with van der Waals surface area (Å²) in [6.45, 7) is 2.70. The minimum atomic E-state index is -0.743. The summed E-state index contributed by atoms with van der Waals surface area (Å²) in [6.07, 6.45) is -0.0264. The quantitative estimate of drug-likeness (QED) is 0.819. The maximum absolute atomic E-state index is 14.1. The summed E-state index contributed by atoms with van der Waals surface area (Å²) in [5.41, 5.74) is 5.45. The van der Waals surface area contributed by atoms with E-state index < -0.39 is 5.54 Å². The fourth-order valence-corrected chi connectivity index (χ4v) is 2.81. The van der Waals surface area contributed by atoms with Crippen molar-refractivity contribution < 1.29 is 13.9 Å². The second-order valence-corrected chi connectivity index (χ2v) is 4.79. The van der Waals surface area contributed by atoms with Crippen LogP contribution in [0.1, 0.15) is 12.5 Å². The normalized spacial score (nSPS) is 34.7. The van der Waals surface area contributed by atoms with Crippen molar-refractivity contribution in [2.24, 2.45) is 16.6 Å². The Labute approximate surface area is 105 Å². The van der Waals surface area contributed by atoms with Gasteiger partial charge in [0.05, 0.1) is 25.2 Å². The summed E-state index contributed by atoms with van der Waals surface area (Å²) >= 11 is 0. The van der Waals surface area contributed by atoms with E-state index in [4.69, 9.17) is 15.2 Å². The molecule has 0 spiro atoms. The molecule has 4 nitrogen and oxygen atoms in total. The standard InChI is InChI=1S/C13H15FN2O2/c1-8-10-6-17-12(15)16-13(10,7-18-8)9-4-2-3-5-11(9)14/h2-5,8,10H,6-7H2,1H3,(H2,15,16)/t8-,10-,13-/m1/s1. The molecule has 3 rings (SSSR count). The van der Waals surface area contributed by atoms with Crippen LogP contribution >= 0.6 is 0 Å². The summed E-state index contributed by atoms with van der Waals surface area (Å²) in [5.74, 6) is -0.291. The van der Waals surface area contributed by atoms with Crippen LogP contribution in [-0.2, 0) is 15.0 Å². The first-order valence-electron chi connectivity index (χ1n) is 5.98. The van der Waals surface area contributed by atoms with Gasteiger partial charge in [-0.2, -0.15) is 0 Å². The first-order chi connectivity index (χ1) is 8.63. The predicted octanol–water partition coefficient (Wildman–Crippen LogP) is 1.40. The fourth-order valence-electron chi connectivity index (χ4n) is 2.81. The number of nitrogens with zero attached hydrogens (tertiary/aromatic N) is 1. The highest BCUT2D eigenvalue weighted by molar-refractivity contribution is 5.73. The van der Waals surface area contributed by atoms with E-state index in [9.17, 15) is 4.39 Å². The molecule has 96 valence electrons. The second-order valence-electron chi connectivity index (χ2n) is 4.79. The number of ether oxygens (including phenoxy) is 2. The zero-order valence-corrected chi connectivity index (χ0v) is 10.1.